The minimum absolute atomic E-state index is 0.115. The number of aromatic nitrogens is 1. The predicted octanol–water partition coefficient (Wildman–Crippen LogP) is 4.77. The van der Waals surface area contributed by atoms with E-state index in [9.17, 15) is 14.7 Å². The molecule has 1 saturated heterocycles. The fraction of sp³-hybridized carbons (Fsp3) is 0.160. The van der Waals surface area contributed by atoms with Gasteiger partial charge in [-0.15, -0.1) is 0 Å². The largest absolute Gasteiger partial charge is 0.507 e. The van der Waals surface area contributed by atoms with Gasteiger partial charge in [0.15, 0.2) is 0 Å². The molecule has 1 aliphatic rings. The summed E-state index contributed by atoms with van der Waals surface area (Å²) >= 11 is 6.32. The van der Waals surface area contributed by atoms with Crippen LogP contribution < -0.4 is 14.4 Å². The van der Waals surface area contributed by atoms with Gasteiger partial charge in [0, 0.05) is 23.5 Å². The van der Waals surface area contributed by atoms with E-state index in [0.29, 0.717) is 29.5 Å². The van der Waals surface area contributed by atoms with Gasteiger partial charge in [-0.3, -0.25) is 19.5 Å². The van der Waals surface area contributed by atoms with Crippen molar-refractivity contribution in [3.05, 3.63) is 88.7 Å². The molecule has 8 heteroatoms. The molecule has 0 saturated carbocycles. The number of methoxy groups -OCH3 is 1. The third kappa shape index (κ3) is 4.15. The topological polar surface area (TPSA) is 89.0 Å². The number of benzene rings is 2. The number of Topliss-reactive ketones (excluding diaryl/α,β-unsaturated/α-hetero) is 1. The Morgan fingerprint density at radius 3 is 2.61 bits per heavy atom. The number of hydrogen-bond acceptors (Lipinski definition) is 6. The quantitative estimate of drug-likeness (QED) is 0.321. The molecule has 1 aliphatic heterocycles. The lowest BCUT2D eigenvalue weighted by Crippen LogP contribution is -2.29. The highest BCUT2D eigenvalue weighted by molar-refractivity contribution is 6.52. The molecule has 2 heterocycles. The number of aliphatic hydroxyl groups is 1. The molecule has 0 bridgehead atoms. The number of ether oxygens (including phenoxy) is 2. The molecular weight excluding hydrogens is 444 g/mol. The molecule has 1 unspecified atom stereocenters. The SMILES string of the molecule is CCOc1cccc(N2C(=O)C(=O)/C(=C(/O)c3cc(OC)ccc3Cl)C2c2ccccn2)c1. The van der Waals surface area contributed by atoms with Gasteiger partial charge in [-0.25, -0.2) is 0 Å². The van der Waals surface area contributed by atoms with E-state index in [4.69, 9.17) is 21.1 Å². The summed E-state index contributed by atoms with van der Waals surface area (Å²) < 4.78 is 10.8. The number of carbonyl (C=O) groups excluding carboxylic acids is 2. The maximum Gasteiger partial charge on any atom is 0.300 e. The molecule has 0 spiro atoms. The van der Waals surface area contributed by atoms with Crippen LogP contribution >= 0.6 is 11.6 Å². The summed E-state index contributed by atoms with van der Waals surface area (Å²) in [6, 6.07) is 15.7. The van der Waals surface area contributed by atoms with Gasteiger partial charge in [0.2, 0.25) is 0 Å². The summed E-state index contributed by atoms with van der Waals surface area (Å²) in [7, 11) is 1.48. The number of hydrogen-bond donors (Lipinski definition) is 1. The first kappa shape index (κ1) is 22.4. The lowest BCUT2D eigenvalue weighted by Gasteiger charge is -2.25. The highest BCUT2D eigenvalue weighted by Crippen LogP contribution is 2.43. The van der Waals surface area contributed by atoms with E-state index < -0.39 is 23.5 Å². The van der Waals surface area contributed by atoms with Gasteiger partial charge in [0.1, 0.15) is 23.3 Å². The molecule has 1 aromatic heterocycles. The number of amides is 1. The van der Waals surface area contributed by atoms with E-state index in [2.05, 4.69) is 4.98 Å². The summed E-state index contributed by atoms with van der Waals surface area (Å²) in [5, 5.41) is 11.4. The minimum Gasteiger partial charge on any atom is -0.507 e. The second-order valence-electron chi connectivity index (χ2n) is 7.20. The first-order valence-electron chi connectivity index (χ1n) is 10.2. The monoisotopic (exact) mass is 464 g/mol. The van der Waals surface area contributed by atoms with Gasteiger partial charge in [0.05, 0.1) is 30.0 Å². The second kappa shape index (κ2) is 9.34. The number of anilines is 1. The van der Waals surface area contributed by atoms with Crippen molar-refractivity contribution in [1.29, 1.82) is 0 Å². The maximum absolute atomic E-state index is 13.2. The highest BCUT2D eigenvalue weighted by Gasteiger charge is 2.47. The molecule has 1 amide bonds. The Hall–Kier alpha value is -3.84. The third-order valence-electron chi connectivity index (χ3n) is 5.25. The molecule has 0 aliphatic carbocycles. The maximum atomic E-state index is 13.2. The summed E-state index contributed by atoms with van der Waals surface area (Å²) in [6.45, 7) is 2.30. The summed E-state index contributed by atoms with van der Waals surface area (Å²) in [5.41, 5.74) is 0.919. The van der Waals surface area contributed by atoms with Crippen molar-refractivity contribution in [3.8, 4) is 11.5 Å². The Kier molecular flexibility index (Phi) is 6.33. The van der Waals surface area contributed by atoms with Crippen LogP contribution in [0.25, 0.3) is 5.76 Å². The molecule has 3 aromatic rings. The van der Waals surface area contributed by atoms with E-state index in [1.165, 1.54) is 18.1 Å². The zero-order chi connectivity index (χ0) is 23.5. The zero-order valence-corrected chi connectivity index (χ0v) is 18.7. The van der Waals surface area contributed by atoms with Crippen LogP contribution in [0.5, 0.6) is 11.5 Å². The van der Waals surface area contributed by atoms with Crippen molar-refractivity contribution >= 4 is 34.7 Å². The van der Waals surface area contributed by atoms with Crippen molar-refractivity contribution in [3.63, 3.8) is 0 Å². The van der Waals surface area contributed by atoms with Crippen LogP contribution in [-0.4, -0.2) is 35.5 Å². The molecule has 2 aromatic carbocycles. The fourth-order valence-corrected chi connectivity index (χ4v) is 3.97. The molecular formula is C25H21ClN2O5. The lowest BCUT2D eigenvalue weighted by molar-refractivity contribution is -0.132. The Bertz CT molecular complexity index is 1240. The number of aliphatic hydroxyl groups excluding tert-OH is 1. The standard InChI is InChI=1S/C25H21ClN2O5/c1-3-33-17-8-6-7-15(13-17)28-22(20-9-4-5-12-27-20)21(24(30)25(28)31)23(29)18-14-16(32-2)10-11-19(18)26/h4-14,22,29H,3H2,1-2H3/b23-21+. The first-order valence-corrected chi connectivity index (χ1v) is 10.6. The minimum atomic E-state index is -0.967. The molecule has 168 valence electrons. The molecule has 0 radical (unpaired) electrons. The van der Waals surface area contributed by atoms with E-state index >= 15 is 0 Å². The molecule has 33 heavy (non-hydrogen) atoms. The van der Waals surface area contributed by atoms with Crippen LogP contribution in [0.2, 0.25) is 5.02 Å². The van der Waals surface area contributed by atoms with Crippen molar-refractivity contribution in [2.45, 2.75) is 13.0 Å². The Morgan fingerprint density at radius 2 is 1.91 bits per heavy atom. The van der Waals surface area contributed by atoms with Crippen molar-refractivity contribution in [1.82, 2.24) is 4.98 Å². The number of rotatable bonds is 6. The van der Waals surface area contributed by atoms with Gasteiger partial charge in [-0.05, 0) is 49.4 Å². The Morgan fingerprint density at radius 1 is 1.09 bits per heavy atom. The summed E-state index contributed by atoms with van der Waals surface area (Å²) in [5.74, 6) is -1.05. The van der Waals surface area contributed by atoms with E-state index in [1.807, 2.05) is 6.92 Å². The number of halogens is 1. The van der Waals surface area contributed by atoms with Crippen LogP contribution in [0, 0.1) is 0 Å². The Labute approximate surface area is 195 Å². The highest BCUT2D eigenvalue weighted by atomic mass is 35.5. The predicted molar refractivity (Wildman–Crippen MR) is 125 cm³/mol. The van der Waals surface area contributed by atoms with Gasteiger partial charge >= 0.3 is 0 Å². The van der Waals surface area contributed by atoms with Crippen LogP contribution in [0.1, 0.15) is 24.2 Å². The first-order chi connectivity index (χ1) is 16.0. The lowest BCUT2D eigenvalue weighted by atomic mass is 9.98. The second-order valence-corrected chi connectivity index (χ2v) is 7.61. The number of carbonyl (C=O) groups is 2. The molecule has 7 nitrogen and oxygen atoms in total. The van der Waals surface area contributed by atoms with Gasteiger partial charge in [0.25, 0.3) is 11.7 Å². The van der Waals surface area contributed by atoms with Crippen LogP contribution in [0.15, 0.2) is 72.4 Å². The van der Waals surface area contributed by atoms with E-state index in [-0.39, 0.29) is 16.2 Å². The number of pyridine rings is 1. The average Bonchev–Trinajstić information content (AvgIpc) is 3.10. The molecule has 4 rings (SSSR count). The Balaban J connectivity index is 1.94. The normalized spacial score (nSPS) is 17.3. The smallest absolute Gasteiger partial charge is 0.300 e. The van der Waals surface area contributed by atoms with Gasteiger partial charge < -0.3 is 14.6 Å². The number of ketones is 1. The molecule has 1 N–H and O–H groups in total. The van der Waals surface area contributed by atoms with E-state index in [0.717, 1.165) is 0 Å². The molecule has 1 fully saturated rings. The molecule has 1 atom stereocenters. The van der Waals surface area contributed by atoms with Crippen molar-refractivity contribution < 1.29 is 24.2 Å². The number of nitrogens with zero attached hydrogens (tertiary/aromatic N) is 2. The van der Waals surface area contributed by atoms with E-state index in [1.54, 1.807) is 60.8 Å². The summed E-state index contributed by atoms with van der Waals surface area (Å²) in [6.07, 6.45) is 1.56. The van der Waals surface area contributed by atoms with Crippen LogP contribution in [0.4, 0.5) is 5.69 Å². The third-order valence-corrected chi connectivity index (χ3v) is 5.58. The van der Waals surface area contributed by atoms with Gasteiger partial charge in [-0.1, -0.05) is 23.7 Å². The average molecular weight is 465 g/mol. The zero-order valence-electron chi connectivity index (χ0n) is 18.0. The van der Waals surface area contributed by atoms with Crippen LogP contribution in [0.3, 0.4) is 0 Å². The van der Waals surface area contributed by atoms with Crippen LogP contribution in [-0.2, 0) is 9.59 Å². The van der Waals surface area contributed by atoms with Gasteiger partial charge in [-0.2, -0.15) is 0 Å². The fourth-order valence-electron chi connectivity index (χ4n) is 3.76. The summed E-state index contributed by atoms with van der Waals surface area (Å²) in [4.78, 5) is 32.1. The van der Waals surface area contributed by atoms with Crippen molar-refractivity contribution in [2.75, 3.05) is 18.6 Å². The van der Waals surface area contributed by atoms with Crippen molar-refractivity contribution in [2.24, 2.45) is 0 Å².